The van der Waals surface area contributed by atoms with E-state index in [1.807, 2.05) is 0 Å². The maximum atomic E-state index is 5.01. The summed E-state index contributed by atoms with van der Waals surface area (Å²) in [4.78, 5) is 10.2. The summed E-state index contributed by atoms with van der Waals surface area (Å²) in [7, 11) is 0. The molecule has 0 saturated heterocycles. The maximum Gasteiger partial charge on any atom is 0.213 e. The van der Waals surface area contributed by atoms with Gasteiger partial charge in [0.05, 0.1) is 15.6 Å². The number of hydrogen-bond donors (Lipinski definition) is 2. The zero-order chi connectivity index (χ0) is 13.3. The van der Waals surface area contributed by atoms with Crippen LogP contribution in [0.15, 0.2) is 0 Å². The van der Waals surface area contributed by atoms with Crippen LogP contribution >= 0.6 is 23.6 Å². The largest absolute Gasteiger partial charge is 0.281 e. The summed E-state index contributed by atoms with van der Waals surface area (Å²) < 4.78 is 0.484. The van der Waals surface area contributed by atoms with Crippen LogP contribution in [0.5, 0.6) is 0 Å². The molecule has 6 heteroatoms. The van der Waals surface area contributed by atoms with E-state index in [9.17, 15) is 0 Å². The first-order chi connectivity index (χ1) is 8.41. The molecule has 98 valence electrons. The predicted octanol–water partition coefficient (Wildman–Crippen LogP) is 3.84. The Labute approximate surface area is 116 Å². The van der Waals surface area contributed by atoms with Crippen molar-refractivity contribution < 1.29 is 0 Å². The topological polar surface area (TPSA) is 57.4 Å². The number of nitrogens with zero attached hydrogens (tertiary/aromatic N) is 2. The third-order valence-electron chi connectivity index (χ3n) is 2.54. The van der Waals surface area contributed by atoms with E-state index in [2.05, 4.69) is 42.9 Å². The molecule has 0 aliphatic carbocycles. The summed E-state index contributed by atoms with van der Waals surface area (Å²) in [5.41, 5.74) is 1.18. The summed E-state index contributed by atoms with van der Waals surface area (Å²) in [5.74, 6) is 0.802. The number of aromatic nitrogens is 4. The van der Waals surface area contributed by atoms with Gasteiger partial charge in [0, 0.05) is 5.41 Å². The Morgan fingerprint density at radius 1 is 1.22 bits per heavy atom. The van der Waals surface area contributed by atoms with Crippen LogP contribution in [-0.2, 0) is 11.8 Å². The zero-order valence-corrected chi connectivity index (χ0v) is 12.8. The smallest absolute Gasteiger partial charge is 0.213 e. The van der Waals surface area contributed by atoms with Crippen molar-refractivity contribution in [1.29, 1.82) is 0 Å². The van der Waals surface area contributed by atoms with Gasteiger partial charge in [-0.15, -0.1) is 11.3 Å². The van der Waals surface area contributed by atoms with Gasteiger partial charge in [-0.2, -0.15) is 4.98 Å². The van der Waals surface area contributed by atoms with Crippen molar-refractivity contribution in [2.75, 3.05) is 0 Å². The number of aryl methyl sites for hydroxylation is 1. The average Bonchev–Trinajstić information content (AvgIpc) is 2.84. The molecule has 18 heavy (non-hydrogen) atoms. The highest BCUT2D eigenvalue weighted by Gasteiger charge is 2.22. The minimum Gasteiger partial charge on any atom is -0.281 e. The normalized spacial score (nSPS) is 12.0. The number of rotatable bonds is 3. The van der Waals surface area contributed by atoms with Crippen LogP contribution in [0.2, 0.25) is 0 Å². The molecule has 2 N–H and O–H groups in total. The molecule has 2 rings (SSSR count). The van der Waals surface area contributed by atoms with Gasteiger partial charge in [-0.25, -0.2) is 4.98 Å². The molecule has 0 aliphatic heterocycles. The molecule has 0 bridgehead atoms. The Kier molecular flexibility index (Phi) is 3.68. The molecule has 2 aromatic heterocycles. The molecular weight excluding hydrogens is 264 g/mol. The van der Waals surface area contributed by atoms with Crippen LogP contribution in [0.1, 0.15) is 44.8 Å². The van der Waals surface area contributed by atoms with E-state index >= 15 is 0 Å². The number of H-pyrrole nitrogens is 2. The second-order valence-corrected chi connectivity index (χ2v) is 6.70. The van der Waals surface area contributed by atoms with Crippen molar-refractivity contribution in [3.05, 3.63) is 15.5 Å². The summed E-state index contributed by atoms with van der Waals surface area (Å²) in [6.07, 6.45) is 2.04. The standard InChI is InChI=1S/C12H18N4S2/c1-5-6-7-8(9-14-11(17)16-15-9)18-10(13-7)12(2,3)4/h5-6H2,1-4H3,(H2,14,15,16,17). The van der Waals surface area contributed by atoms with Crippen LogP contribution < -0.4 is 0 Å². The lowest BCUT2D eigenvalue weighted by molar-refractivity contribution is 0.582. The first-order valence-electron chi connectivity index (χ1n) is 6.07. The maximum absolute atomic E-state index is 5.01. The number of hydrogen-bond acceptors (Lipinski definition) is 4. The molecule has 0 spiro atoms. The summed E-state index contributed by atoms with van der Waals surface area (Å²) in [6, 6.07) is 0. The van der Waals surface area contributed by atoms with Gasteiger partial charge in [-0.1, -0.05) is 34.1 Å². The Morgan fingerprint density at radius 3 is 2.44 bits per heavy atom. The fraction of sp³-hybridized carbons (Fsp3) is 0.583. The third kappa shape index (κ3) is 2.70. The first kappa shape index (κ1) is 13.4. The van der Waals surface area contributed by atoms with Crippen molar-refractivity contribution in [3.8, 4) is 10.7 Å². The van der Waals surface area contributed by atoms with E-state index in [-0.39, 0.29) is 5.41 Å². The van der Waals surface area contributed by atoms with Crippen LogP contribution in [0.4, 0.5) is 0 Å². The molecule has 0 aromatic carbocycles. The lowest BCUT2D eigenvalue weighted by Crippen LogP contribution is -2.10. The van der Waals surface area contributed by atoms with Gasteiger partial charge in [0.1, 0.15) is 0 Å². The average molecular weight is 282 g/mol. The molecule has 0 fully saturated rings. The summed E-state index contributed by atoms with van der Waals surface area (Å²) >= 11 is 6.71. The van der Waals surface area contributed by atoms with Crippen molar-refractivity contribution in [3.63, 3.8) is 0 Å². The quantitative estimate of drug-likeness (QED) is 0.841. The molecule has 0 unspecified atom stereocenters. The van der Waals surface area contributed by atoms with Crippen LogP contribution in [0.25, 0.3) is 10.7 Å². The molecule has 0 amide bonds. The highest BCUT2D eigenvalue weighted by atomic mass is 32.1. The van der Waals surface area contributed by atoms with Gasteiger partial charge < -0.3 is 0 Å². The Balaban J connectivity index is 2.51. The lowest BCUT2D eigenvalue weighted by atomic mass is 9.98. The highest BCUT2D eigenvalue weighted by molar-refractivity contribution is 7.71. The van der Waals surface area contributed by atoms with Gasteiger partial charge in [0.15, 0.2) is 5.82 Å². The first-order valence-corrected chi connectivity index (χ1v) is 7.29. The van der Waals surface area contributed by atoms with Crippen molar-refractivity contribution >= 4 is 23.6 Å². The Hall–Kier alpha value is -1.01. The number of thiazole rings is 1. The fourth-order valence-electron chi connectivity index (χ4n) is 1.64. The highest BCUT2D eigenvalue weighted by Crippen LogP contribution is 2.34. The number of aromatic amines is 2. The van der Waals surface area contributed by atoms with E-state index in [4.69, 9.17) is 17.2 Å². The minimum absolute atomic E-state index is 0.0680. The second kappa shape index (κ2) is 4.93. The van der Waals surface area contributed by atoms with E-state index in [0.717, 1.165) is 34.2 Å². The van der Waals surface area contributed by atoms with E-state index in [1.54, 1.807) is 11.3 Å². The molecule has 0 saturated carbocycles. The number of nitrogens with one attached hydrogen (secondary N) is 2. The lowest BCUT2D eigenvalue weighted by Gasteiger charge is -2.13. The fourth-order valence-corrected chi connectivity index (χ4v) is 2.90. The summed E-state index contributed by atoms with van der Waals surface area (Å²) in [5, 5.41) is 7.00. The van der Waals surface area contributed by atoms with Gasteiger partial charge in [0.25, 0.3) is 0 Å². The third-order valence-corrected chi connectivity index (χ3v) is 4.27. The van der Waals surface area contributed by atoms with E-state index in [0.29, 0.717) is 4.77 Å². The molecule has 0 radical (unpaired) electrons. The Bertz CT molecular complexity index is 586. The van der Waals surface area contributed by atoms with Crippen molar-refractivity contribution in [2.45, 2.75) is 46.0 Å². The van der Waals surface area contributed by atoms with Crippen LogP contribution in [0.3, 0.4) is 0 Å². The van der Waals surface area contributed by atoms with Crippen molar-refractivity contribution in [2.24, 2.45) is 0 Å². The van der Waals surface area contributed by atoms with Gasteiger partial charge in [0.2, 0.25) is 4.77 Å². The zero-order valence-electron chi connectivity index (χ0n) is 11.1. The van der Waals surface area contributed by atoms with E-state index in [1.165, 1.54) is 0 Å². The van der Waals surface area contributed by atoms with Crippen LogP contribution in [-0.4, -0.2) is 20.2 Å². The van der Waals surface area contributed by atoms with E-state index < -0.39 is 0 Å². The van der Waals surface area contributed by atoms with Crippen LogP contribution in [0, 0.1) is 4.77 Å². The molecular formula is C12H18N4S2. The van der Waals surface area contributed by atoms with Gasteiger partial charge in [-0.05, 0) is 18.6 Å². The Morgan fingerprint density at radius 2 is 1.94 bits per heavy atom. The molecule has 2 aromatic rings. The minimum atomic E-state index is 0.0680. The molecule has 0 atom stereocenters. The summed E-state index contributed by atoms with van der Waals surface area (Å²) in [6.45, 7) is 8.70. The van der Waals surface area contributed by atoms with Crippen molar-refractivity contribution in [1.82, 2.24) is 20.2 Å². The molecule has 0 aliphatic rings. The monoisotopic (exact) mass is 282 g/mol. The molecule has 4 nitrogen and oxygen atoms in total. The predicted molar refractivity (Wildman–Crippen MR) is 77.6 cm³/mol. The SMILES string of the molecule is CCCc1nc(C(C)(C)C)sc1-c1nc(=S)[nH][nH]1. The van der Waals surface area contributed by atoms with Gasteiger partial charge >= 0.3 is 0 Å². The second-order valence-electron chi connectivity index (χ2n) is 5.31. The molecule has 2 heterocycles. The van der Waals surface area contributed by atoms with Gasteiger partial charge in [-0.3, -0.25) is 10.2 Å².